The number of nitrogens with zero attached hydrogens (tertiary/aromatic N) is 2. The minimum atomic E-state index is -0.242. The summed E-state index contributed by atoms with van der Waals surface area (Å²) in [6.07, 6.45) is 1.74. The first kappa shape index (κ1) is 20.8. The van der Waals surface area contributed by atoms with Gasteiger partial charge in [0.25, 0.3) is 5.91 Å². The van der Waals surface area contributed by atoms with E-state index in [1.165, 1.54) is 0 Å². The fourth-order valence-electron chi connectivity index (χ4n) is 3.00. The van der Waals surface area contributed by atoms with E-state index < -0.39 is 0 Å². The summed E-state index contributed by atoms with van der Waals surface area (Å²) in [7, 11) is 0. The predicted octanol–water partition coefficient (Wildman–Crippen LogP) is 4.32. The number of carbonyl (C=O) groups excluding carboxylic acids is 2. The van der Waals surface area contributed by atoms with Crippen LogP contribution in [0.3, 0.4) is 0 Å². The maximum absolute atomic E-state index is 12.5. The number of amides is 2. The van der Waals surface area contributed by atoms with Crippen molar-refractivity contribution in [2.45, 2.75) is 27.2 Å². The minimum absolute atomic E-state index is 0.154. The largest absolute Gasteiger partial charge is 0.351 e. The number of aromatic nitrogens is 2. The second kappa shape index (κ2) is 9.05. The van der Waals surface area contributed by atoms with Gasteiger partial charge in [0.2, 0.25) is 5.91 Å². The van der Waals surface area contributed by atoms with Crippen molar-refractivity contribution in [2.24, 2.45) is 0 Å². The molecule has 0 atom stereocenters. The third-order valence-electron chi connectivity index (χ3n) is 4.71. The molecule has 29 heavy (non-hydrogen) atoms. The molecule has 150 valence electrons. The number of aryl methyl sites for hydroxylation is 2. The molecule has 6 nitrogen and oxygen atoms in total. The predicted molar refractivity (Wildman–Crippen MR) is 117 cm³/mol. The van der Waals surface area contributed by atoms with Crippen LogP contribution in [0.4, 0.5) is 5.69 Å². The average molecular weight is 455 g/mol. The monoisotopic (exact) mass is 454 g/mol. The van der Waals surface area contributed by atoms with Crippen LogP contribution in [0.25, 0.3) is 5.69 Å². The van der Waals surface area contributed by atoms with Crippen LogP contribution >= 0.6 is 15.9 Å². The Balaban J connectivity index is 1.58. The van der Waals surface area contributed by atoms with E-state index in [0.29, 0.717) is 5.56 Å². The molecule has 0 fully saturated rings. The molecule has 0 aliphatic rings. The summed E-state index contributed by atoms with van der Waals surface area (Å²) in [5, 5.41) is 10.0. The summed E-state index contributed by atoms with van der Waals surface area (Å²) in [6, 6.07) is 13.6. The number of nitrogens with one attached hydrogen (secondary N) is 2. The molecule has 0 saturated carbocycles. The zero-order valence-corrected chi connectivity index (χ0v) is 18.2. The number of hydrogen-bond acceptors (Lipinski definition) is 3. The van der Waals surface area contributed by atoms with E-state index in [0.717, 1.165) is 32.7 Å². The second-order valence-corrected chi connectivity index (χ2v) is 7.77. The lowest BCUT2D eigenvalue weighted by Crippen LogP contribution is -2.28. The topological polar surface area (TPSA) is 76.0 Å². The molecule has 0 unspecified atom stereocenters. The molecule has 1 aromatic heterocycles. The summed E-state index contributed by atoms with van der Waals surface area (Å²) in [5.41, 5.74) is 5.00. The van der Waals surface area contributed by atoms with Crippen molar-refractivity contribution < 1.29 is 9.59 Å². The van der Waals surface area contributed by atoms with E-state index in [9.17, 15) is 9.59 Å². The Labute approximate surface area is 178 Å². The molecule has 3 aromatic rings. The van der Waals surface area contributed by atoms with Crippen LogP contribution in [0.15, 0.2) is 53.1 Å². The van der Waals surface area contributed by atoms with Gasteiger partial charge >= 0.3 is 0 Å². The molecular formula is C22H23BrN4O2. The van der Waals surface area contributed by atoms with Gasteiger partial charge in [-0.3, -0.25) is 9.59 Å². The number of benzene rings is 2. The molecule has 0 aliphatic heterocycles. The lowest BCUT2D eigenvalue weighted by molar-refractivity contribution is -0.116. The fraction of sp³-hybridized carbons (Fsp3) is 0.227. The molecule has 0 bridgehead atoms. The Kier molecular flexibility index (Phi) is 6.49. The van der Waals surface area contributed by atoms with Crippen molar-refractivity contribution in [3.8, 4) is 5.69 Å². The number of para-hydroxylation sites is 1. The van der Waals surface area contributed by atoms with Gasteiger partial charge in [0.15, 0.2) is 0 Å². The summed E-state index contributed by atoms with van der Waals surface area (Å²) in [4.78, 5) is 24.7. The highest BCUT2D eigenvalue weighted by atomic mass is 79.9. The summed E-state index contributed by atoms with van der Waals surface area (Å²) >= 11 is 3.40. The van der Waals surface area contributed by atoms with Crippen molar-refractivity contribution in [3.63, 3.8) is 0 Å². The average Bonchev–Trinajstić information content (AvgIpc) is 3.06. The van der Waals surface area contributed by atoms with Gasteiger partial charge in [0.1, 0.15) is 0 Å². The maximum Gasteiger partial charge on any atom is 0.254 e. The minimum Gasteiger partial charge on any atom is -0.351 e. The highest BCUT2D eigenvalue weighted by molar-refractivity contribution is 9.10. The van der Waals surface area contributed by atoms with Gasteiger partial charge in [-0.15, -0.1) is 0 Å². The van der Waals surface area contributed by atoms with E-state index in [1.807, 2.05) is 63.2 Å². The Morgan fingerprint density at radius 1 is 1.07 bits per heavy atom. The van der Waals surface area contributed by atoms with Gasteiger partial charge in [-0.25, -0.2) is 4.68 Å². The Morgan fingerprint density at radius 2 is 1.83 bits per heavy atom. The number of halogens is 1. The standard InChI is InChI=1S/C22H23BrN4O2/c1-14-8-9-17(23)12-19(14)26-21(28)10-11-24-22(29)18-13-25-27(16(18)3)20-7-5-4-6-15(20)2/h4-9,12-13H,10-11H2,1-3H3,(H,24,29)(H,26,28). The first-order valence-corrected chi connectivity index (χ1v) is 10.1. The number of hydrogen-bond donors (Lipinski definition) is 2. The zero-order chi connectivity index (χ0) is 21.0. The van der Waals surface area contributed by atoms with Crippen LogP contribution in [0, 0.1) is 20.8 Å². The van der Waals surface area contributed by atoms with E-state index in [4.69, 9.17) is 0 Å². The number of rotatable bonds is 6. The lowest BCUT2D eigenvalue weighted by Gasteiger charge is -2.10. The molecule has 0 aliphatic carbocycles. The molecule has 3 rings (SSSR count). The Bertz CT molecular complexity index is 1060. The smallest absolute Gasteiger partial charge is 0.254 e. The van der Waals surface area contributed by atoms with E-state index in [1.54, 1.807) is 10.9 Å². The Hall–Kier alpha value is -2.93. The van der Waals surface area contributed by atoms with Crippen LogP contribution in [0.1, 0.15) is 33.6 Å². The van der Waals surface area contributed by atoms with Gasteiger partial charge in [0.05, 0.1) is 23.1 Å². The third kappa shape index (κ3) is 4.92. The van der Waals surface area contributed by atoms with Gasteiger partial charge in [-0.2, -0.15) is 5.10 Å². The van der Waals surface area contributed by atoms with Crippen molar-refractivity contribution >= 4 is 33.4 Å². The molecule has 0 radical (unpaired) electrons. The molecule has 2 N–H and O–H groups in total. The van der Waals surface area contributed by atoms with E-state index in [-0.39, 0.29) is 24.8 Å². The van der Waals surface area contributed by atoms with Crippen LogP contribution in [0.2, 0.25) is 0 Å². The molecule has 7 heteroatoms. The number of carbonyl (C=O) groups is 2. The van der Waals surface area contributed by atoms with Crippen molar-refractivity contribution in [1.29, 1.82) is 0 Å². The highest BCUT2D eigenvalue weighted by Crippen LogP contribution is 2.21. The molecule has 0 saturated heterocycles. The quantitative estimate of drug-likeness (QED) is 0.582. The van der Waals surface area contributed by atoms with Crippen molar-refractivity contribution in [3.05, 3.63) is 75.5 Å². The van der Waals surface area contributed by atoms with E-state index in [2.05, 4.69) is 31.7 Å². The first-order chi connectivity index (χ1) is 13.9. The lowest BCUT2D eigenvalue weighted by atomic mass is 10.2. The molecule has 2 amide bonds. The molecule has 0 spiro atoms. The SMILES string of the molecule is Cc1ccc(Br)cc1NC(=O)CCNC(=O)c1cnn(-c2ccccc2C)c1C. The van der Waals surface area contributed by atoms with Gasteiger partial charge < -0.3 is 10.6 Å². The van der Waals surface area contributed by atoms with Crippen LogP contribution in [-0.4, -0.2) is 28.1 Å². The van der Waals surface area contributed by atoms with Crippen molar-refractivity contribution in [1.82, 2.24) is 15.1 Å². The van der Waals surface area contributed by atoms with Crippen LogP contribution in [-0.2, 0) is 4.79 Å². The summed E-state index contributed by atoms with van der Waals surface area (Å²) in [5.74, 6) is -0.396. The highest BCUT2D eigenvalue weighted by Gasteiger charge is 2.16. The van der Waals surface area contributed by atoms with E-state index >= 15 is 0 Å². The van der Waals surface area contributed by atoms with Crippen LogP contribution < -0.4 is 10.6 Å². The fourth-order valence-corrected chi connectivity index (χ4v) is 3.36. The molecule has 1 heterocycles. The van der Waals surface area contributed by atoms with Gasteiger partial charge in [0, 0.05) is 23.1 Å². The normalized spacial score (nSPS) is 10.6. The Morgan fingerprint density at radius 3 is 2.59 bits per heavy atom. The summed E-state index contributed by atoms with van der Waals surface area (Å²) < 4.78 is 2.65. The van der Waals surface area contributed by atoms with Gasteiger partial charge in [-0.1, -0.05) is 40.2 Å². The van der Waals surface area contributed by atoms with Crippen LogP contribution in [0.5, 0.6) is 0 Å². The molecule has 2 aromatic carbocycles. The maximum atomic E-state index is 12.5. The zero-order valence-electron chi connectivity index (χ0n) is 16.6. The number of anilines is 1. The third-order valence-corrected chi connectivity index (χ3v) is 5.20. The molecular weight excluding hydrogens is 432 g/mol. The first-order valence-electron chi connectivity index (χ1n) is 9.31. The second-order valence-electron chi connectivity index (χ2n) is 6.86. The van der Waals surface area contributed by atoms with Gasteiger partial charge in [-0.05, 0) is 50.1 Å². The summed E-state index contributed by atoms with van der Waals surface area (Å²) in [6.45, 7) is 6.03. The van der Waals surface area contributed by atoms with Crippen molar-refractivity contribution in [2.75, 3.05) is 11.9 Å².